The molecule has 172 valence electrons. The maximum Gasteiger partial charge on any atom is 0.196 e. The SMILES string of the molecule is Cc1cc([C@@H](C)Oc2ccc(Cl)nc2C#N)c2oc(-c3cnn4c3COCC4)c(C)c(=O)c2c1. The van der Waals surface area contributed by atoms with Gasteiger partial charge in [0.25, 0.3) is 0 Å². The third-order valence-corrected chi connectivity index (χ3v) is 6.15. The molecule has 0 fully saturated rings. The average Bonchev–Trinajstić information content (AvgIpc) is 3.26. The number of hydrogen-bond acceptors (Lipinski definition) is 7. The van der Waals surface area contributed by atoms with E-state index in [1.807, 2.05) is 36.7 Å². The number of rotatable bonds is 4. The first kappa shape index (κ1) is 22.1. The molecule has 0 aliphatic carbocycles. The Morgan fingerprint density at radius 1 is 1.29 bits per heavy atom. The largest absolute Gasteiger partial charge is 0.483 e. The molecule has 0 radical (unpaired) electrons. The van der Waals surface area contributed by atoms with Crippen molar-refractivity contribution in [3.05, 3.63) is 73.9 Å². The Balaban J connectivity index is 1.67. The molecule has 0 bridgehead atoms. The van der Waals surface area contributed by atoms with Crippen LogP contribution in [0.25, 0.3) is 22.3 Å². The van der Waals surface area contributed by atoms with Gasteiger partial charge in [-0.25, -0.2) is 4.98 Å². The quantitative estimate of drug-likeness (QED) is 0.387. The summed E-state index contributed by atoms with van der Waals surface area (Å²) in [5.74, 6) is 0.763. The molecular weight excluding hydrogens is 456 g/mol. The van der Waals surface area contributed by atoms with E-state index in [2.05, 4.69) is 10.1 Å². The topological polar surface area (TPSA) is 103 Å². The molecule has 0 saturated heterocycles. The number of benzene rings is 1. The molecule has 34 heavy (non-hydrogen) atoms. The summed E-state index contributed by atoms with van der Waals surface area (Å²) in [4.78, 5) is 17.4. The monoisotopic (exact) mass is 476 g/mol. The number of halogens is 1. The summed E-state index contributed by atoms with van der Waals surface area (Å²) >= 11 is 5.91. The molecular formula is C25H21ClN4O4. The molecule has 0 unspecified atom stereocenters. The van der Waals surface area contributed by atoms with E-state index in [9.17, 15) is 10.1 Å². The Morgan fingerprint density at radius 2 is 2.12 bits per heavy atom. The van der Waals surface area contributed by atoms with Crippen LogP contribution in [0.2, 0.25) is 5.15 Å². The van der Waals surface area contributed by atoms with Gasteiger partial charge in [0.05, 0.1) is 42.6 Å². The molecule has 1 aliphatic heterocycles. The lowest BCUT2D eigenvalue weighted by atomic mass is 10.00. The first-order valence-corrected chi connectivity index (χ1v) is 11.2. The van der Waals surface area contributed by atoms with E-state index in [0.717, 1.165) is 16.8 Å². The summed E-state index contributed by atoms with van der Waals surface area (Å²) < 4.78 is 20.0. The average molecular weight is 477 g/mol. The molecule has 1 aliphatic rings. The van der Waals surface area contributed by atoms with Gasteiger partial charge in [0.15, 0.2) is 16.9 Å². The molecule has 0 spiro atoms. The van der Waals surface area contributed by atoms with E-state index in [1.165, 1.54) is 0 Å². The highest BCUT2D eigenvalue weighted by atomic mass is 35.5. The second-order valence-corrected chi connectivity index (χ2v) is 8.64. The number of aryl methyl sites for hydroxylation is 1. The van der Waals surface area contributed by atoms with Crippen LogP contribution in [-0.2, 0) is 17.9 Å². The van der Waals surface area contributed by atoms with Crippen molar-refractivity contribution in [1.82, 2.24) is 14.8 Å². The van der Waals surface area contributed by atoms with E-state index in [0.29, 0.717) is 53.4 Å². The zero-order chi connectivity index (χ0) is 24.0. The predicted molar refractivity (Wildman–Crippen MR) is 126 cm³/mol. The lowest BCUT2D eigenvalue weighted by Gasteiger charge is -2.19. The standard InChI is InChI=1S/C25H21ClN4O4/c1-13-8-16(15(3)33-21-4-5-22(26)29-19(21)10-27)25-17(9-13)23(31)14(2)24(34-25)18-11-28-30-6-7-32-12-20(18)30/h4-5,8-9,11,15H,6-7,12H2,1-3H3/t15-/m1/s1. The van der Waals surface area contributed by atoms with Gasteiger partial charge in [-0.3, -0.25) is 9.48 Å². The van der Waals surface area contributed by atoms with E-state index in [-0.39, 0.29) is 16.3 Å². The zero-order valence-corrected chi connectivity index (χ0v) is 19.6. The summed E-state index contributed by atoms with van der Waals surface area (Å²) in [7, 11) is 0. The number of nitrogens with zero attached hydrogens (tertiary/aromatic N) is 4. The summed E-state index contributed by atoms with van der Waals surface area (Å²) in [6, 6.07) is 8.90. The van der Waals surface area contributed by atoms with Crippen LogP contribution in [0, 0.1) is 25.2 Å². The van der Waals surface area contributed by atoms with Gasteiger partial charge >= 0.3 is 0 Å². The zero-order valence-electron chi connectivity index (χ0n) is 18.9. The van der Waals surface area contributed by atoms with Crippen molar-refractivity contribution in [2.45, 2.75) is 40.0 Å². The van der Waals surface area contributed by atoms with Crippen LogP contribution in [0.5, 0.6) is 5.75 Å². The van der Waals surface area contributed by atoms with E-state index in [1.54, 1.807) is 25.3 Å². The van der Waals surface area contributed by atoms with Crippen LogP contribution in [-0.4, -0.2) is 21.4 Å². The lowest BCUT2D eigenvalue weighted by Crippen LogP contribution is -2.18. The van der Waals surface area contributed by atoms with Crippen LogP contribution < -0.4 is 10.2 Å². The van der Waals surface area contributed by atoms with Crippen molar-refractivity contribution in [2.75, 3.05) is 6.61 Å². The number of nitriles is 1. The van der Waals surface area contributed by atoms with Crippen molar-refractivity contribution < 1.29 is 13.9 Å². The van der Waals surface area contributed by atoms with Gasteiger partial charge in [0.2, 0.25) is 0 Å². The molecule has 4 aromatic rings. The summed E-state index contributed by atoms with van der Waals surface area (Å²) in [5, 5.41) is 14.5. The van der Waals surface area contributed by atoms with Gasteiger partial charge in [-0.1, -0.05) is 11.6 Å². The van der Waals surface area contributed by atoms with Crippen LogP contribution in [0.3, 0.4) is 0 Å². The highest BCUT2D eigenvalue weighted by Gasteiger charge is 2.24. The van der Waals surface area contributed by atoms with Crippen LogP contribution in [0.15, 0.2) is 39.7 Å². The molecule has 0 N–H and O–H groups in total. The normalized spacial score (nSPS) is 14.0. The Kier molecular flexibility index (Phi) is 5.60. The minimum absolute atomic E-state index is 0.0841. The maximum absolute atomic E-state index is 13.4. The van der Waals surface area contributed by atoms with E-state index < -0.39 is 6.10 Å². The van der Waals surface area contributed by atoms with E-state index in [4.69, 9.17) is 25.5 Å². The number of hydrogen-bond donors (Lipinski definition) is 0. The Hall–Kier alpha value is -3.67. The van der Waals surface area contributed by atoms with Crippen molar-refractivity contribution in [3.8, 4) is 23.1 Å². The van der Waals surface area contributed by atoms with Crippen molar-refractivity contribution in [1.29, 1.82) is 5.26 Å². The fourth-order valence-electron chi connectivity index (χ4n) is 4.24. The number of aromatic nitrogens is 3. The van der Waals surface area contributed by atoms with Crippen molar-refractivity contribution >= 4 is 22.6 Å². The minimum atomic E-state index is -0.541. The summed E-state index contributed by atoms with van der Waals surface area (Å²) in [6.07, 6.45) is 1.17. The van der Waals surface area contributed by atoms with Gasteiger partial charge in [-0.05, 0) is 50.6 Å². The van der Waals surface area contributed by atoms with Gasteiger partial charge in [0.1, 0.15) is 28.7 Å². The molecule has 5 rings (SSSR count). The first-order chi connectivity index (χ1) is 16.4. The lowest BCUT2D eigenvalue weighted by molar-refractivity contribution is 0.0803. The minimum Gasteiger partial charge on any atom is -0.483 e. The Morgan fingerprint density at radius 3 is 2.91 bits per heavy atom. The first-order valence-electron chi connectivity index (χ1n) is 10.8. The maximum atomic E-state index is 13.4. The third kappa shape index (κ3) is 3.73. The fraction of sp³-hybridized carbons (Fsp3) is 0.280. The highest BCUT2D eigenvalue weighted by Crippen LogP contribution is 2.35. The molecule has 1 atom stereocenters. The van der Waals surface area contributed by atoms with Gasteiger partial charge in [-0.15, -0.1) is 0 Å². The highest BCUT2D eigenvalue weighted by molar-refractivity contribution is 6.29. The second kappa shape index (κ2) is 8.60. The smallest absolute Gasteiger partial charge is 0.196 e. The molecule has 0 amide bonds. The molecule has 9 heteroatoms. The number of pyridine rings is 1. The van der Waals surface area contributed by atoms with Crippen LogP contribution in [0.4, 0.5) is 0 Å². The van der Waals surface area contributed by atoms with E-state index >= 15 is 0 Å². The van der Waals surface area contributed by atoms with Crippen LogP contribution >= 0.6 is 11.6 Å². The van der Waals surface area contributed by atoms with Gasteiger partial charge in [0, 0.05) is 11.1 Å². The van der Waals surface area contributed by atoms with Gasteiger partial charge in [-0.2, -0.15) is 10.4 Å². The van der Waals surface area contributed by atoms with Gasteiger partial charge < -0.3 is 13.9 Å². The number of ether oxygens (including phenoxy) is 2. The Labute approximate surface area is 200 Å². The Bertz CT molecular complexity index is 1530. The number of fused-ring (bicyclic) bond motifs is 2. The summed E-state index contributed by atoms with van der Waals surface area (Å²) in [6.45, 7) is 7.15. The molecule has 1 aromatic carbocycles. The summed E-state index contributed by atoms with van der Waals surface area (Å²) in [5.41, 5.74) is 4.10. The van der Waals surface area contributed by atoms with Crippen LogP contribution in [0.1, 0.15) is 41.1 Å². The second-order valence-electron chi connectivity index (χ2n) is 8.25. The predicted octanol–water partition coefficient (Wildman–Crippen LogP) is 4.86. The molecule has 0 saturated carbocycles. The van der Waals surface area contributed by atoms with Crippen molar-refractivity contribution in [3.63, 3.8) is 0 Å². The molecule has 8 nitrogen and oxygen atoms in total. The molecule has 3 aromatic heterocycles. The third-order valence-electron chi connectivity index (χ3n) is 5.94. The molecule has 4 heterocycles. The van der Waals surface area contributed by atoms with Crippen molar-refractivity contribution in [2.24, 2.45) is 0 Å². The fourth-order valence-corrected chi connectivity index (χ4v) is 4.39.